The summed E-state index contributed by atoms with van der Waals surface area (Å²) in [5.74, 6) is -1.68. The van der Waals surface area contributed by atoms with E-state index in [0.29, 0.717) is 0 Å². The molecule has 0 spiro atoms. The lowest BCUT2D eigenvalue weighted by Gasteiger charge is -2.24. The van der Waals surface area contributed by atoms with Gasteiger partial charge in [0.15, 0.2) is 0 Å². The Morgan fingerprint density at radius 1 is 1.58 bits per heavy atom. The molecule has 0 aromatic rings. The fourth-order valence-corrected chi connectivity index (χ4v) is 1.82. The first-order chi connectivity index (χ1) is 8.47. The maximum Gasteiger partial charge on any atom is 0.348 e. The van der Waals surface area contributed by atoms with Gasteiger partial charge in [0.25, 0.3) is 0 Å². The summed E-state index contributed by atoms with van der Waals surface area (Å²) in [5, 5.41) is 9.58. The number of cyclic esters (lactones) is 1. The van der Waals surface area contributed by atoms with E-state index in [1.54, 1.807) is 13.8 Å². The second-order valence-corrected chi connectivity index (χ2v) is 7.22. The zero-order valence-corrected chi connectivity index (χ0v) is 12.6. The summed E-state index contributed by atoms with van der Waals surface area (Å²) in [7, 11) is 0. The number of hydrogen-bond acceptors (Lipinski definition) is 5. The van der Waals surface area contributed by atoms with Crippen LogP contribution in [-0.2, 0) is 19.1 Å². The van der Waals surface area contributed by atoms with Crippen LogP contribution in [0, 0.1) is 5.41 Å². The molecule has 0 radical (unpaired) electrons. The van der Waals surface area contributed by atoms with Crippen molar-refractivity contribution in [1.29, 1.82) is 0 Å². The molecular formula is C11H13Cl3O5. The van der Waals surface area contributed by atoms with Gasteiger partial charge >= 0.3 is 11.9 Å². The van der Waals surface area contributed by atoms with E-state index < -0.39 is 38.9 Å². The molecule has 1 heterocycles. The Morgan fingerprint density at radius 3 is 2.47 bits per heavy atom. The lowest BCUT2D eigenvalue weighted by Crippen LogP contribution is -2.38. The van der Waals surface area contributed by atoms with Crippen LogP contribution < -0.4 is 0 Å². The van der Waals surface area contributed by atoms with Crippen LogP contribution in [0.1, 0.15) is 13.8 Å². The molecule has 1 rings (SSSR count). The molecule has 1 aliphatic heterocycles. The predicted octanol–water partition coefficient (Wildman–Crippen LogP) is 1.77. The number of halogens is 3. The zero-order valence-electron chi connectivity index (χ0n) is 10.3. The van der Waals surface area contributed by atoms with Gasteiger partial charge in [-0.05, 0) is 0 Å². The van der Waals surface area contributed by atoms with Crippen molar-refractivity contribution >= 4 is 46.7 Å². The summed E-state index contributed by atoms with van der Waals surface area (Å²) in [4.78, 5) is 23.2. The molecule has 2 atom stereocenters. The largest absolute Gasteiger partial charge is 0.462 e. The molecule has 5 nitrogen and oxygen atoms in total. The minimum absolute atomic E-state index is 0.128. The Morgan fingerprint density at radius 2 is 2.11 bits per heavy atom. The lowest BCUT2D eigenvalue weighted by molar-refractivity contribution is -0.160. The Balaban J connectivity index is 2.75. The monoisotopic (exact) mass is 330 g/mol. The van der Waals surface area contributed by atoms with Crippen LogP contribution >= 0.6 is 34.8 Å². The van der Waals surface area contributed by atoms with Gasteiger partial charge in [0, 0.05) is 5.41 Å². The molecule has 0 unspecified atom stereocenters. The van der Waals surface area contributed by atoms with E-state index in [1.807, 2.05) is 0 Å². The predicted molar refractivity (Wildman–Crippen MR) is 70.1 cm³/mol. The van der Waals surface area contributed by atoms with Gasteiger partial charge in [0.2, 0.25) is 9.90 Å². The van der Waals surface area contributed by atoms with Crippen LogP contribution in [0.25, 0.3) is 0 Å². The molecule has 19 heavy (non-hydrogen) atoms. The maximum absolute atomic E-state index is 11.8. The van der Waals surface area contributed by atoms with Crippen molar-refractivity contribution in [3.05, 3.63) is 12.2 Å². The van der Waals surface area contributed by atoms with E-state index in [1.165, 1.54) is 0 Å². The Kier molecular flexibility index (Phi) is 4.78. The second-order valence-electron chi connectivity index (χ2n) is 4.85. The Bertz CT molecular complexity index is 413. The zero-order chi connectivity index (χ0) is 15.0. The van der Waals surface area contributed by atoms with Crippen molar-refractivity contribution in [1.82, 2.24) is 0 Å². The van der Waals surface area contributed by atoms with Gasteiger partial charge in [-0.1, -0.05) is 55.2 Å². The maximum atomic E-state index is 11.8. The van der Waals surface area contributed by atoms with Crippen LogP contribution in [0.3, 0.4) is 0 Å². The quantitative estimate of drug-likeness (QED) is 0.485. The number of aliphatic hydroxyl groups is 1. The minimum atomic E-state index is -2.11. The summed E-state index contributed by atoms with van der Waals surface area (Å²) in [5.41, 5.74) is -1.12. The third-order valence-electron chi connectivity index (χ3n) is 2.64. The van der Waals surface area contributed by atoms with Crippen LogP contribution in [0.4, 0.5) is 0 Å². The van der Waals surface area contributed by atoms with Crippen molar-refractivity contribution in [3.8, 4) is 0 Å². The molecule has 1 N–H and O–H groups in total. The summed E-state index contributed by atoms with van der Waals surface area (Å²) < 4.78 is 7.66. The molecule has 108 valence electrons. The number of aliphatic hydroxyl groups excluding tert-OH is 1. The van der Waals surface area contributed by atoms with Gasteiger partial charge < -0.3 is 14.6 Å². The number of ether oxygens (including phenoxy) is 2. The van der Waals surface area contributed by atoms with Crippen molar-refractivity contribution in [2.24, 2.45) is 5.41 Å². The first-order valence-corrected chi connectivity index (χ1v) is 6.41. The molecule has 1 aliphatic rings. The van der Waals surface area contributed by atoms with Crippen LogP contribution in [-0.4, -0.2) is 39.7 Å². The van der Waals surface area contributed by atoms with Crippen LogP contribution in [0.2, 0.25) is 0 Å². The van der Waals surface area contributed by atoms with Gasteiger partial charge in [-0.2, -0.15) is 0 Å². The molecule has 0 amide bonds. The summed E-state index contributed by atoms with van der Waals surface area (Å²) in [6, 6.07) is 0. The number of esters is 2. The van der Waals surface area contributed by atoms with E-state index >= 15 is 0 Å². The first kappa shape index (κ1) is 16.6. The molecule has 0 aromatic heterocycles. The highest BCUT2D eigenvalue weighted by Crippen LogP contribution is 2.35. The van der Waals surface area contributed by atoms with Gasteiger partial charge in [0.05, 0.1) is 5.57 Å². The van der Waals surface area contributed by atoms with Crippen molar-refractivity contribution in [2.75, 3.05) is 6.61 Å². The highest BCUT2D eigenvalue weighted by molar-refractivity contribution is 6.68. The van der Waals surface area contributed by atoms with E-state index in [4.69, 9.17) is 44.3 Å². The fraction of sp³-hybridized carbons (Fsp3) is 0.636. The van der Waals surface area contributed by atoms with E-state index in [-0.39, 0.29) is 6.61 Å². The lowest BCUT2D eigenvalue weighted by atomic mass is 9.90. The SMILES string of the molecule is C=C(C(=O)O[C@H]1C(=O)OCC1(C)C)[C@H](O)C(Cl)(Cl)Cl. The molecule has 0 saturated carbocycles. The standard InChI is InChI=1S/C11H13Cl3O5/c1-5(6(15)11(12,13)14)8(16)19-7-9(17)18-4-10(7,2)3/h6-7,15H,1,4H2,2-3H3/t6-,7-/m0/s1. The van der Waals surface area contributed by atoms with E-state index in [0.717, 1.165) is 0 Å². The van der Waals surface area contributed by atoms with Crippen molar-refractivity contribution in [3.63, 3.8) is 0 Å². The number of carbonyl (C=O) groups is 2. The number of carbonyl (C=O) groups excluding carboxylic acids is 2. The second kappa shape index (κ2) is 5.48. The van der Waals surface area contributed by atoms with Gasteiger partial charge in [0.1, 0.15) is 12.7 Å². The van der Waals surface area contributed by atoms with Gasteiger partial charge in [-0.15, -0.1) is 0 Å². The smallest absolute Gasteiger partial charge is 0.348 e. The number of rotatable bonds is 3. The van der Waals surface area contributed by atoms with Crippen LogP contribution in [0.5, 0.6) is 0 Å². The molecular weight excluding hydrogens is 318 g/mol. The Labute approximate surface area is 125 Å². The number of alkyl halides is 3. The normalized spacial score (nSPS) is 23.7. The average molecular weight is 332 g/mol. The number of hydrogen-bond donors (Lipinski definition) is 1. The Hall–Kier alpha value is -0.490. The van der Waals surface area contributed by atoms with Crippen molar-refractivity contribution < 1.29 is 24.2 Å². The summed E-state index contributed by atoms with van der Waals surface area (Å²) in [6.07, 6.45) is -2.81. The molecule has 1 saturated heterocycles. The molecule has 0 aliphatic carbocycles. The summed E-state index contributed by atoms with van der Waals surface area (Å²) >= 11 is 16.3. The van der Waals surface area contributed by atoms with Gasteiger partial charge in [-0.25, -0.2) is 9.59 Å². The fourth-order valence-electron chi connectivity index (χ4n) is 1.43. The average Bonchev–Trinajstić information content (AvgIpc) is 2.52. The topological polar surface area (TPSA) is 72.8 Å². The van der Waals surface area contributed by atoms with Gasteiger partial charge in [-0.3, -0.25) is 0 Å². The molecule has 8 heteroatoms. The third kappa shape index (κ3) is 3.75. The molecule has 0 aromatic carbocycles. The first-order valence-electron chi connectivity index (χ1n) is 5.28. The van der Waals surface area contributed by atoms with Crippen LogP contribution in [0.15, 0.2) is 12.2 Å². The van der Waals surface area contributed by atoms with E-state index in [9.17, 15) is 14.7 Å². The van der Waals surface area contributed by atoms with E-state index in [2.05, 4.69) is 6.58 Å². The highest BCUT2D eigenvalue weighted by Gasteiger charge is 2.47. The molecule has 0 bridgehead atoms. The van der Waals surface area contributed by atoms with Crippen molar-refractivity contribution in [2.45, 2.75) is 29.8 Å². The highest BCUT2D eigenvalue weighted by atomic mass is 35.6. The minimum Gasteiger partial charge on any atom is -0.462 e. The third-order valence-corrected chi connectivity index (χ3v) is 3.26. The molecule has 1 fully saturated rings. The summed E-state index contributed by atoms with van der Waals surface area (Å²) in [6.45, 7) is 6.83.